The van der Waals surface area contributed by atoms with Gasteiger partial charge in [-0.1, -0.05) is 0 Å². The van der Waals surface area contributed by atoms with Crippen LogP contribution in [-0.4, -0.2) is 11.7 Å². The zero-order chi connectivity index (χ0) is 14.3. The molecule has 0 aliphatic carbocycles. The van der Waals surface area contributed by atoms with E-state index < -0.39 is 0 Å². The van der Waals surface area contributed by atoms with Crippen LogP contribution in [0.25, 0.3) is 0 Å². The van der Waals surface area contributed by atoms with Crippen molar-refractivity contribution in [1.82, 2.24) is 0 Å². The molecule has 0 unspecified atom stereocenters. The molecule has 0 fully saturated rings. The van der Waals surface area contributed by atoms with Gasteiger partial charge in [-0.3, -0.25) is 9.59 Å². The van der Waals surface area contributed by atoms with Crippen molar-refractivity contribution >= 4 is 23.1 Å². The Morgan fingerprint density at radius 1 is 1.20 bits per heavy atom. The molecule has 0 spiro atoms. The summed E-state index contributed by atoms with van der Waals surface area (Å²) in [6.07, 6.45) is 0.331. The van der Waals surface area contributed by atoms with Crippen LogP contribution in [0.2, 0.25) is 0 Å². The molecule has 2 aromatic carbocycles. The average Bonchev–Trinajstić information content (AvgIpc) is 2.77. The van der Waals surface area contributed by atoms with Crippen LogP contribution in [0, 0.1) is 6.92 Å². The maximum absolute atomic E-state index is 12.5. The molecule has 0 saturated heterocycles. The number of fused-ring (bicyclic) bond motifs is 1. The fourth-order valence-electron chi connectivity index (χ4n) is 2.47. The summed E-state index contributed by atoms with van der Waals surface area (Å²) in [6.45, 7) is 1.86. The predicted octanol–water partition coefficient (Wildman–Crippen LogP) is 2.30. The van der Waals surface area contributed by atoms with E-state index in [9.17, 15) is 9.59 Å². The molecule has 1 amide bonds. The number of ketones is 1. The Hall–Kier alpha value is -2.62. The molecule has 0 radical (unpaired) electrons. The molecule has 1 heterocycles. The van der Waals surface area contributed by atoms with Crippen molar-refractivity contribution in [2.75, 3.05) is 11.1 Å². The minimum atomic E-state index is -0.0513. The molecule has 2 aromatic rings. The van der Waals surface area contributed by atoms with E-state index in [1.807, 2.05) is 6.92 Å². The number of anilines is 2. The number of rotatable bonds is 2. The number of nitrogens with one attached hydrogen (secondary N) is 1. The van der Waals surface area contributed by atoms with E-state index in [4.69, 9.17) is 5.73 Å². The second-order valence-electron chi connectivity index (χ2n) is 5.00. The van der Waals surface area contributed by atoms with Crippen LogP contribution < -0.4 is 11.1 Å². The fourth-order valence-corrected chi connectivity index (χ4v) is 2.47. The number of amides is 1. The lowest BCUT2D eigenvalue weighted by Crippen LogP contribution is -2.04. The Morgan fingerprint density at radius 3 is 2.75 bits per heavy atom. The van der Waals surface area contributed by atoms with Crippen molar-refractivity contribution < 1.29 is 9.59 Å². The van der Waals surface area contributed by atoms with E-state index in [1.54, 1.807) is 36.4 Å². The first-order chi connectivity index (χ1) is 9.54. The SMILES string of the molecule is Cc1cc(N)ccc1C(=O)c1ccc2c(c1)CC(=O)N2. The van der Waals surface area contributed by atoms with Crippen molar-refractivity contribution in [1.29, 1.82) is 0 Å². The number of nitrogen functional groups attached to an aromatic ring is 1. The van der Waals surface area contributed by atoms with E-state index in [2.05, 4.69) is 5.32 Å². The number of hydrogen-bond acceptors (Lipinski definition) is 3. The van der Waals surface area contributed by atoms with Crippen molar-refractivity contribution in [2.45, 2.75) is 13.3 Å². The Bertz CT molecular complexity index is 735. The quantitative estimate of drug-likeness (QED) is 0.647. The van der Waals surface area contributed by atoms with Crippen LogP contribution in [-0.2, 0) is 11.2 Å². The van der Waals surface area contributed by atoms with Gasteiger partial charge >= 0.3 is 0 Å². The summed E-state index contributed by atoms with van der Waals surface area (Å²) in [4.78, 5) is 23.8. The minimum absolute atomic E-state index is 0.0340. The van der Waals surface area contributed by atoms with E-state index in [-0.39, 0.29) is 11.7 Å². The maximum Gasteiger partial charge on any atom is 0.228 e. The summed E-state index contributed by atoms with van der Waals surface area (Å²) < 4.78 is 0. The van der Waals surface area contributed by atoms with Crippen LogP contribution in [0.3, 0.4) is 0 Å². The first-order valence-electron chi connectivity index (χ1n) is 6.38. The molecule has 3 rings (SSSR count). The van der Waals surface area contributed by atoms with Gasteiger partial charge in [0, 0.05) is 22.5 Å². The van der Waals surface area contributed by atoms with Crippen LogP contribution in [0.1, 0.15) is 27.0 Å². The lowest BCUT2D eigenvalue weighted by molar-refractivity contribution is -0.115. The third-order valence-electron chi connectivity index (χ3n) is 3.49. The van der Waals surface area contributed by atoms with E-state index in [0.29, 0.717) is 23.2 Å². The number of hydrogen-bond donors (Lipinski definition) is 2. The average molecular weight is 266 g/mol. The fraction of sp³-hybridized carbons (Fsp3) is 0.125. The highest BCUT2D eigenvalue weighted by Gasteiger charge is 2.20. The van der Waals surface area contributed by atoms with Gasteiger partial charge in [0.2, 0.25) is 5.91 Å². The van der Waals surface area contributed by atoms with Gasteiger partial charge in [0.15, 0.2) is 5.78 Å². The highest BCUT2D eigenvalue weighted by Crippen LogP contribution is 2.25. The van der Waals surface area contributed by atoms with Gasteiger partial charge in [0.25, 0.3) is 0 Å². The highest BCUT2D eigenvalue weighted by molar-refractivity contribution is 6.11. The van der Waals surface area contributed by atoms with Crippen LogP contribution in [0.5, 0.6) is 0 Å². The van der Waals surface area contributed by atoms with Gasteiger partial charge in [-0.2, -0.15) is 0 Å². The molecule has 20 heavy (non-hydrogen) atoms. The molecule has 0 aromatic heterocycles. The lowest BCUT2D eigenvalue weighted by atomic mass is 9.97. The third kappa shape index (κ3) is 2.05. The molecular formula is C16H14N2O2. The molecule has 0 atom stereocenters. The summed E-state index contributed by atoms with van der Waals surface area (Å²) in [7, 11) is 0. The molecule has 3 N–H and O–H groups in total. The van der Waals surface area contributed by atoms with Crippen molar-refractivity contribution in [3.63, 3.8) is 0 Å². The largest absolute Gasteiger partial charge is 0.399 e. The summed E-state index contributed by atoms with van der Waals surface area (Å²) in [5.74, 6) is -0.0853. The number of carbonyl (C=O) groups is 2. The Kier molecular flexibility index (Phi) is 2.79. The second-order valence-corrected chi connectivity index (χ2v) is 5.00. The van der Waals surface area contributed by atoms with Crippen LogP contribution in [0.15, 0.2) is 36.4 Å². The number of nitrogens with two attached hydrogens (primary N) is 1. The van der Waals surface area contributed by atoms with Gasteiger partial charge in [-0.25, -0.2) is 0 Å². The maximum atomic E-state index is 12.5. The Morgan fingerprint density at radius 2 is 2.00 bits per heavy atom. The highest BCUT2D eigenvalue weighted by atomic mass is 16.1. The Labute approximate surface area is 116 Å². The number of carbonyl (C=O) groups excluding carboxylic acids is 2. The van der Waals surface area contributed by atoms with Gasteiger partial charge in [0.05, 0.1) is 6.42 Å². The van der Waals surface area contributed by atoms with E-state index in [0.717, 1.165) is 16.8 Å². The van der Waals surface area contributed by atoms with Crippen LogP contribution in [0.4, 0.5) is 11.4 Å². The minimum Gasteiger partial charge on any atom is -0.399 e. The molecule has 1 aliphatic heterocycles. The smallest absolute Gasteiger partial charge is 0.228 e. The summed E-state index contributed by atoms with van der Waals surface area (Å²) in [5, 5.41) is 2.76. The van der Waals surface area contributed by atoms with Gasteiger partial charge in [0.1, 0.15) is 0 Å². The number of aryl methyl sites for hydroxylation is 1. The first kappa shape index (κ1) is 12.4. The summed E-state index contributed by atoms with van der Waals surface area (Å²) >= 11 is 0. The molecule has 4 heteroatoms. The van der Waals surface area contributed by atoms with Gasteiger partial charge < -0.3 is 11.1 Å². The molecule has 1 aliphatic rings. The normalized spacial score (nSPS) is 12.9. The summed E-state index contributed by atoms with van der Waals surface area (Å²) in [5.41, 5.74) is 10.1. The lowest BCUT2D eigenvalue weighted by Gasteiger charge is -2.07. The van der Waals surface area contributed by atoms with E-state index >= 15 is 0 Å². The molecular weight excluding hydrogens is 252 g/mol. The van der Waals surface area contributed by atoms with Crippen molar-refractivity contribution in [3.05, 3.63) is 58.7 Å². The molecule has 4 nitrogen and oxygen atoms in total. The van der Waals surface area contributed by atoms with Gasteiger partial charge in [-0.05, 0) is 54.4 Å². The third-order valence-corrected chi connectivity index (χ3v) is 3.49. The standard InChI is InChI=1S/C16H14N2O2/c1-9-6-12(17)3-4-13(9)16(20)10-2-5-14-11(7-10)8-15(19)18-14/h2-7H,8,17H2,1H3,(H,18,19). The molecule has 0 saturated carbocycles. The Balaban J connectivity index is 1.99. The topological polar surface area (TPSA) is 72.2 Å². The first-order valence-corrected chi connectivity index (χ1v) is 6.38. The molecule has 100 valence electrons. The van der Waals surface area contributed by atoms with Gasteiger partial charge in [-0.15, -0.1) is 0 Å². The van der Waals surface area contributed by atoms with Crippen LogP contribution >= 0.6 is 0 Å². The van der Waals surface area contributed by atoms with Crippen molar-refractivity contribution in [2.24, 2.45) is 0 Å². The zero-order valence-electron chi connectivity index (χ0n) is 11.1. The monoisotopic (exact) mass is 266 g/mol. The predicted molar refractivity (Wildman–Crippen MR) is 77.8 cm³/mol. The van der Waals surface area contributed by atoms with E-state index in [1.165, 1.54) is 0 Å². The second kappa shape index (κ2) is 4.49. The molecule has 0 bridgehead atoms. The van der Waals surface area contributed by atoms with Crippen molar-refractivity contribution in [3.8, 4) is 0 Å². The number of benzene rings is 2. The summed E-state index contributed by atoms with van der Waals surface area (Å²) in [6, 6.07) is 10.5. The zero-order valence-corrected chi connectivity index (χ0v) is 11.1.